The van der Waals surface area contributed by atoms with E-state index in [4.69, 9.17) is 4.74 Å². The van der Waals surface area contributed by atoms with Crippen molar-refractivity contribution >= 4 is 24.0 Å². The summed E-state index contributed by atoms with van der Waals surface area (Å²) in [7, 11) is 0. The fraction of sp³-hybridized carbons (Fsp3) is 0.562. The molecule has 118 valence electrons. The second-order valence-electron chi connectivity index (χ2n) is 5.24. The van der Waals surface area contributed by atoms with Gasteiger partial charge in [-0.25, -0.2) is 0 Å². The highest BCUT2D eigenvalue weighted by Crippen LogP contribution is 2.20. The van der Waals surface area contributed by atoms with E-state index < -0.39 is 0 Å². The van der Waals surface area contributed by atoms with E-state index in [1.807, 2.05) is 31.2 Å². The van der Waals surface area contributed by atoms with Crippen LogP contribution in [0.2, 0.25) is 0 Å². The van der Waals surface area contributed by atoms with Crippen LogP contribution in [0.15, 0.2) is 24.3 Å². The lowest BCUT2D eigenvalue weighted by Crippen LogP contribution is -2.28. The maximum atomic E-state index is 12.0. The number of nitrogens with one attached hydrogen (secondary N) is 2. The molecule has 1 amide bonds. The van der Waals surface area contributed by atoms with Crippen LogP contribution in [0.3, 0.4) is 0 Å². The molecule has 0 bridgehead atoms. The van der Waals surface area contributed by atoms with Gasteiger partial charge >= 0.3 is 0 Å². The standard InChI is InChI=1S/C16H24N2O2.ClH/c1-2-20-15-5-3-4-14(12-15)18-16(19)7-6-13-8-10-17-11-9-13;/h3-5,12-13,17H,2,6-11H2,1H3,(H,18,19);1H. The summed E-state index contributed by atoms with van der Waals surface area (Å²) in [6.45, 7) is 4.75. The van der Waals surface area contributed by atoms with E-state index in [0.717, 1.165) is 30.9 Å². The minimum absolute atomic E-state index is 0. The van der Waals surface area contributed by atoms with Gasteiger partial charge in [-0.15, -0.1) is 12.4 Å². The maximum Gasteiger partial charge on any atom is 0.224 e. The molecule has 2 rings (SSSR count). The van der Waals surface area contributed by atoms with Crippen molar-refractivity contribution in [3.63, 3.8) is 0 Å². The average molecular weight is 313 g/mol. The Balaban J connectivity index is 0.00000220. The topological polar surface area (TPSA) is 50.4 Å². The summed E-state index contributed by atoms with van der Waals surface area (Å²) in [6.07, 6.45) is 3.96. The van der Waals surface area contributed by atoms with Gasteiger partial charge in [0.15, 0.2) is 0 Å². The molecular weight excluding hydrogens is 288 g/mol. The Morgan fingerprint density at radius 1 is 1.38 bits per heavy atom. The minimum Gasteiger partial charge on any atom is -0.494 e. The highest BCUT2D eigenvalue weighted by molar-refractivity contribution is 5.90. The van der Waals surface area contributed by atoms with Crippen LogP contribution in [0, 0.1) is 5.92 Å². The summed E-state index contributed by atoms with van der Waals surface area (Å²) in [6, 6.07) is 7.55. The van der Waals surface area contributed by atoms with Crippen LogP contribution < -0.4 is 15.4 Å². The Labute approximate surface area is 133 Å². The summed E-state index contributed by atoms with van der Waals surface area (Å²) in [5, 5.41) is 6.29. The van der Waals surface area contributed by atoms with E-state index in [2.05, 4.69) is 10.6 Å². The second-order valence-corrected chi connectivity index (χ2v) is 5.24. The largest absolute Gasteiger partial charge is 0.494 e. The lowest BCUT2D eigenvalue weighted by atomic mass is 9.93. The molecule has 1 saturated heterocycles. The lowest BCUT2D eigenvalue weighted by Gasteiger charge is -2.22. The van der Waals surface area contributed by atoms with Crippen molar-refractivity contribution in [2.75, 3.05) is 25.0 Å². The van der Waals surface area contributed by atoms with Crippen molar-refractivity contribution in [2.45, 2.75) is 32.6 Å². The quantitative estimate of drug-likeness (QED) is 0.848. The molecule has 0 unspecified atom stereocenters. The first-order valence-corrected chi connectivity index (χ1v) is 7.51. The van der Waals surface area contributed by atoms with Gasteiger partial charge in [-0.2, -0.15) is 0 Å². The number of carbonyl (C=O) groups excluding carboxylic acids is 1. The smallest absolute Gasteiger partial charge is 0.224 e. The molecule has 5 heteroatoms. The molecular formula is C16H25ClN2O2. The average Bonchev–Trinajstić information content (AvgIpc) is 2.47. The fourth-order valence-electron chi connectivity index (χ4n) is 2.56. The van der Waals surface area contributed by atoms with Gasteiger partial charge in [0.2, 0.25) is 5.91 Å². The summed E-state index contributed by atoms with van der Waals surface area (Å²) >= 11 is 0. The van der Waals surface area contributed by atoms with E-state index in [9.17, 15) is 4.79 Å². The van der Waals surface area contributed by atoms with Crippen molar-refractivity contribution in [1.29, 1.82) is 0 Å². The number of piperidine rings is 1. The van der Waals surface area contributed by atoms with Crippen molar-refractivity contribution in [2.24, 2.45) is 5.92 Å². The molecule has 1 aromatic carbocycles. The van der Waals surface area contributed by atoms with E-state index in [-0.39, 0.29) is 18.3 Å². The number of benzene rings is 1. The van der Waals surface area contributed by atoms with Crippen LogP contribution in [0.25, 0.3) is 0 Å². The third-order valence-corrected chi connectivity index (χ3v) is 3.67. The molecule has 0 aliphatic carbocycles. The summed E-state index contributed by atoms with van der Waals surface area (Å²) in [4.78, 5) is 12.0. The van der Waals surface area contributed by atoms with Crippen molar-refractivity contribution in [1.82, 2.24) is 5.32 Å². The Morgan fingerprint density at radius 3 is 2.86 bits per heavy atom. The van der Waals surface area contributed by atoms with E-state index >= 15 is 0 Å². The number of rotatable bonds is 6. The predicted octanol–water partition coefficient (Wildman–Crippen LogP) is 3.23. The highest BCUT2D eigenvalue weighted by atomic mass is 35.5. The molecule has 0 spiro atoms. The Bertz CT molecular complexity index is 434. The van der Waals surface area contributed by atoms with Crippen LogP contribution in [-0.4, -0.2) is 25.6 Å². The lowest BCUT2D eigenvalue weighted by molar-refractivity contribution is -0.116. The van der Waals surface area contributed by atoms with Gasteiger partial charge in [-0.1, -0.05) is 6.07 Å². The second kappa shape index (κ2) is 9.64. The molecule has 2 N–H and O–H groups in total. The third-order valence-electron chi connectivity index (χ3n) is 3.67. The third kappa shape index (κ3) is 6.36. The molecule has 4 nitrogen and oxygen atoms in total. The summed E-state index contributed by atoms with van der Waals surface area (Å²) < 4.78 is 5.42. The zero-order valence-electron chi connectivity index (χ0n) is 12.6. The van der Waals surface area contributed by atoms with Gasteiger partial charge in [0, 0.05) is 18.2 Å². The molecule has 0 radical (unpaired) electrons. The fourth-order valence-corrected chi connectivity index (χ4v) is 2.56. The molecule has 1 aliphatic rings. The summed E-state index contributed by atoms with van der Waals surface area (Å²) in [5.41, 5.74) is 0.811. The first-order valence-electron chi connectivity index (χ1n) is 7.51. The first kappa shape index (κ1) is 17.8. The summed E-state index contributed by atoms with van der Waals surface area (Å²) in [5.74, 6) is 1.58. The number of halogens is 1. The van der Waals surface area contributed by atoms with Crippen LogP contribution >= 0.6 is 12.4 Å². The zero-order valence-corrected chi connectivity index (χ0v) is 13.4. The number of anilines is 1. The van der Waals surface area contributed by atoms with E-state index in [1.165, 1.54) is 12.8 Å². The van der Waals surface area contributed by atoms with Gasteiger partial charge in [-0.3, -0.25) is 4.79 Å². The number of hydrogen-bond acceptors (Lipinski definition) is 3. The number of carbonyl (C=O) groups is 1. The predicted molar refractivity (Wildman–Crippen MR) is 88.3 cm³/mol. The Kier molecular flexibility index (Phi) is 8.16. The van der Waals surface area contributed by atoms with Crippen LogP contribution in [0.4, 0.5) is 5.69 Å². The minimum atomic E-state index is 0. The number of amides is 1. The molecule has 1 fully saturated rings. The van der Waals surface area contributed by atoms with Gasteiger partial charge in [0.05, 0.1) is 6.61 Å². The van der Waals surface area contributed by atoms with Gasteiger partial charge in [0.1, 0.15) is 5.75 Å². The van der Waals surface area contributed by atoms with E-state index in [1.54, 1.807) is 0 Å². The van der Waals surface area contributed by atoms with Gasteiger partial charge in [-0.05, 0) is 57.3 Å². The van der Waals surface area contributed by atoms with E-state index in [0.29, 0.717) is 18.9 Å². The first-order chi connectivity index (χ1) is 9.78. The van der Waals surface area contributed by atoms with Crippen molar-refractivity contribution in [3.05, 3.63) is 24.3 Å². The molecule has 1 aromatic rings. The molecule has 0 saturated carbocycles. The van der Waals surface area contributed by atoms with Crippen molar-refractivity contribution < 1.29 is 9.53 Å². The van der Waals surface area contributed by atoms with Crippen LogP contribution in [0.1, 0.15) is 32.6 Å². The molecule has 1 heterocycles. The monoisotopic (exact) mass is 312 g/mol. The normalized spacial score (nSPS) is 15.1. The Morgan fingerprint density at radius 2 is 2.14 bits per heavy atom. The molecule has 0 atom stereocenters. The Hall–Kier alpha value is -1.26. The van der Waals surface area contributed by atoms with Crippen molar-refractivity contribution in [3.8, 4) is 5.75 Å². The number of ether oxygens (including phenoxy) is 1. The van der Waals surface area contributed by atoms with Gasteiger partial charge in [0.25, 0.3) is 0 Å². The van der Waals surface area contributed by atoms with Crippen LogP contribution in [-0.2, 0) is 4.79 Å². The van der Waals surface area contributed by atoms with Gasteiger partial charge < -0.3 is 15.4 Å². The maximum absolute atomic E-state index is 12.0. The molecule has 0 aromatic heterocycles. The van der Waals surface area contributed by atoms with Crippen LogP contribution in [0.5, 0.6) is 5.75 Å². The number of hydrogen-bond donors (Lipinski definition) is 2. The highest BCUT2D eigenvalue weighted by Gasteiger charge is 2.14. The SMILES string of the molecule is CCOc1cccc(NC(=O)CCC2CCNCC2)c1.Cl. The zero-order chi connectivity index (χ0) is 14.2. The molecule has 1 aliphatic heterocycles. The molecule has 21 heavy (non-hydrogen) atoms.